The Hall–Kier alpha value is -2.62. The average Bonchev–Trinajstić information content (AvgIpc) is 2.50. The van der Waals surface area contributed by atoms with Crippen LogP contribution in [0.2, 0.25) is 0 Å². The second-order valence-corrected chi connectivity index (χ2v) is 5.43. The van der Waals surface area contributed by atoms with Gasteiger partial charge in [0, 0.05) is 18.8 Å². The Morgan fingerprint density at radius 3 is 2.22 bits per heavy atom. The van der Waals surface area contributed by atoms with Crippen molar-refractivity contribution in [2.24, 2.45) is 4.99 Å². The topological polar surface area (TPSA) is 51.0 Å². The van der Waals surface area contributed by atoms with E-state index in [-0.39, 0.29) is 0 Å². The van der Waals surface area contributed by atoms with Gasteiger partial charge in [-0.25, -0.2) is 15.0 Å². The third-order valence-corrected chi connectivity index (χ3v) is 3.47. The quantitative estimate of drug-likeness (QED) is 0.634. The van der Waals surface area contributed by atoms with Gasteiger partial charge >= 0.3 is 0 Å². The van der Waals surface area contributed by atoms with Crippen LogP contribution < -0.4 is 0 Å². The molecule has 4 heteroatoms. The Labute approximate surface area is 137 Å². The molecule has 118 valence electrons. The zero-order chi connectivity index (χ0) is 16.8. The second kappa shape index (κ2) is 7.58. The summed E-state index contributed by atoms with van der Waals surface area (Å²) >= 11 is 0. The first-order valence-electron chi connectivity index (χ1n) is 7.57. The van der Waals surface area contributed by atoms with Crippen LogP contribution in [-0.4, -0.2) is 28.2 Å². The fourth-order valence-corrected chi connectivity index (χ4v) is 2.38. The molecule has 1 heterocycles. The number of rotatable bonds is 4. The summed E-state index contributed by atoms with van der Waals surface area (Å²) in [6.45, 7) is 7.95. The Bertz CT molecular complexity index is 765. The first-order chi connectivity index (χ1) is 11.0. The predicted molar refractivity (Wildman–Crippen MR) is 96.5 cm³/mol. The van der Waals surface area contributed by atoms with Crippen molar-refractivity contribution in [3.05, 3.63) is 65.0 Å². The van der Waals surface area contributed by atoms with E-state index in [9.17, 15) is 0 Å². The molecule has 0 aliphatic heterocycles. The molecule has 0 aliphatic carbocycles. The lowest BCUT2D eigenvalue weighted by Crippen LogP contribution is -2.02. The summed E-state index contributed by atoms with van der Waals surface area (Å²) in [6.07, 6.45) is 5.85. The highest BCUT2D eigenvalue weighted by atomic mass is 15.0. The van der Waals surface area contributed by atoms with Gasteiger partial charge in [0.25, 0.3) is 0 Å². The summed E-state index contributed by atoms with van der Waals surface area (Å²) in [5.74, 6) is 2.07. The normalized spacial score (nSPS) is 12.9. The van der Waals surface area contributed by atoms with E-state index in [0.29, 0.717) is 17.5 Å². The lowest BCUT2D eigenvalue weighted by atomic mass is 10.0. The first-order valence-corrected chi connectivity index (χ1v) is 7.57. The van der Waals surface area contributed by atoms with Crippen molar-refractivity contribution in [3.8, 4) is 0 Å². The molecule has 2 aromatic rings. The molecule has 0 radical (unpaired) electrons. The van der Waals surface area contributed by atoms with Gasteiger partial charge in [0.1, 0.15) is 11.6 Å². The molecule has 1 aromatic heterocycles. The molecule has 0 saturated carbocycles. The van der Waals surface area contributed by atoms with Crippen molar-refractivity contribution < 1.29 is 0 Å². The fraction of sp³-hybridized carbons (Fsp3) is 0.263. The monoisotopic (exact) mass is 306 g/mol. The van der Waals surface area contributed by atoms with Crippen LogP contribution in [0.15, 0.2) is 41.4 Å². The molecule has 2 rings (SSSR count). The first kappa shape index (κ1) is 16.7. The number of aliphatic imine (C=N–C) groups is 1. The molecule has 23 heavy (non-hydrogen) atoms. The number of aromatic nitrogens is 3. The van der Waals surface area contributed by atoms with Gasteiger partial charge in [-0.05, 0) is 50.5 Å². The van der Waals surface area contributed by atoms with Gasteiger partial charge in [-0.1, -0.05) is 30.3 Å². The zero-order valence-corrected chi connectivity index (χ0v) is 14.3. The smallest absolute Gasteiger partial charge is 0.164 e. The van der Waals surface area contributed by atoms with Crippen molar-refractivity contribution in [2.75, 3.05) is 7.05 Å². The van der Waals surface area contributed by atoms with E-state index >= 15 is 0 Å². The van der Waals surface area contributed by atoms with Gasteiger partial charge in [0.05, 0.1) is 0 Å². The van der Waals surface area contributed by atoms with Crippen LogP contribution >= 0.6 is 0 Å². The van der Waals surface area contributed by atoms with Crippen molar-refractivity contribution in [1.29, 1.82) is 0 Å². The van der Waals surface area contributed by atoms with E-state index in [1.165, 1.54) is 16.7 Å². The predicted octanol–water partition coefficient (Wildman–Crippen LogP) is 3.98. The lowest BCUT2D eigenvalue weighted by molar-refractivity contribution is 0.904. The molecule has 0 N–H and O–H groups in total. The van der Waals surface area contributed by atoms with Crippen molar-refractivity contribution in [1.82, 2.24) is 15.0 Å². The molecule has 0 aliphatic rings. The van der Waals surface area contributed by atoms with Crippen molar-refractivity contribution in [2.45, 2.75) is 27.7 Å². The highest BCUT2D eigenvalue weighted by Gasteiger charge is 2.05. The van der Waals surface area contributed by atoms with E-state index in [4.69, 9.17) is 0 Å². The van der Waals surface area contributed by atoms with Crippen LogP contribution in [0.3, 0.4) is 0 Å². The molecule has 4 nitrogen and oxygen atoms in total. The Morgan fingerprint density at radius 2 is 1.61 bits per heavy atom. The largest absolute Gasteiger partial charge is 0.296 e. The molecule has 0 amide bonds. The maximum atomic E-state index is 4.41. The standard InChI is InChI=1S/C19H22N4/c1-13-8-6-7-9-18(13)14(2)10-11-17(12-20-5)19-22-15(3)21-16(4)23-19/h6-12H,1-5H3/b14-10+,17-11+,20-12+. The van der Waals surface area contributed by atoms with Crippen molar-refractivity contribution in [3.63, 3.8) is 0 Å². The van der Waals surface area contributed by atoms with Crippen LogP contribution in [-0.2, 0) is 0 Å². The molecule has 1 aromatic carbocycles. The summed E-state index contributed by atoms with van der Waals surface area (Å²) in [7, 11) is 1.74. The van der Waals surface area contributed by atoms with Gasteiger partial charge in [0.15, 0.2) is 5.82 Å². The number of hydrogen-bond acceptors (Lipinski definition) is 4. The molecular formula is C19H22N4. The zero-order valence-electron chi connectivity index (χ0n) is 14.3. The summed E-state index contributed by atoms with van der Waals surface area (Å²) < 4.78 is 0. The number of nitrogens with zero attached hydrogens (tertiary/aromatic N) is 4. The van der Waals surface area contributed by atoms with E-state index in [0.717, 1.165) is 5.57 Å². The third kappa shape index (κ3) is 4.42. The lowest BCUT2D eigenvalue weighted by Gasteiger charge is -2.05. The van der Waals surface area contributed by atoms with Gasteiger partial charge in [-0.15, -0.1) is 0 Å². The van der Waals surface area contributed by atoms with E-state index in [1.54, 1.807) is 13.3 Å². The SMILES string of the molecule is C/N=C/C(=C\C=C(/C)c1ccccc1C)c1nc(C)nc(C)n1. The number of allylic oxidation sites excluding steroid dienone is 4. The maximum absolute atomic E-state index is 4.41. The summed E-state index contributed by atoms with van der Waals surface area (Å²) in [6, 6.07) is 8.34. The summed E-state index contributed by atoms with van der Waals surface area (Å²) in [5, 5.41) is 0. The molecular weight excluding hydrogens is 284 g/mol. The molecule has 0 atom stereocenters. The van der Waals surface area contributed by atoms with Gasteiger partial charge in [-0.3, -0.25) is 4.99 Å². The highest BCUT2D eigenvalue weighted by Crippen LogP contribution is 2.19. The Morgan fingerprint density at radius 1 is 0.957 bits per heavy atom. The Kier molecular flexibility index (Phi) is 5.52. The van der Waals surface area contributed by atoms with Gasteiger partial charge in [-0.2, -0.15) is 0 Å². The molecule has 0 spiro atoms. The maximum Gasteiger partial charge on any atom is 0.164 e. The number of aryl methyl sites for hydroxylation is 3. The van der Waals surface area contributed by atoms with Crippen LogP contribution in [0.5, 0.6) is 0 Å². The highest BCUT2D eigenvalue weighted by molar-refractivity contribution is 6.08. The van der Waals surface area contributed by atoms with E-state index in [2.05, 4.69) is 58.1 Å². The van der Waals surface area contributed by atoms with Crippen LogP contribution in [0.4, 0.5) is 0 Å². The number of benzene rings is 1. The minimum atomic E-state index is 0.648. The van der Waals surface area contributed by atoms with Crippen LogP contribution in [0.25, 0.3) is 11.1 Å². The van der Waals surface area contributed by atoms with Gasteiger partial charge in [0.2, 0.25) is 0 Å². The van der Waals surface area contributed by atoms with E-state index in [1.807, 2.05) is 26.0 Å². The van der Waals surface area contributed by atoms with Crippen LogP contribution in [0, 0.1) is 20.8 Å². The third-order valence-electron chi connectivity index (χ3n) is 3.47. The number of hydrogen-bond donors (Lipinski definition) is 0. The fourth-order valence-electron chi connectivity index (χ4n) is 2.38. The minimum absolute atomic E-state index is 0.648. The summed E-state index contributed by atoms with van der Waals surface area (Å²) in [4.78, 5) is 17.2. The van der Waals surface area contributed by atoms with Crippen molar-refractivity contribution >= 4 is 17.4 Å². The van der Waals surface area contributed by atoms with Gasteiger partial charge < -0.3 is 0 Å². The molecule has 0 unspecified atom stereocenters. The molecule has 0 bridgehead atoms. The molecule has 0 saturated heterocycles. The summed E-state index contributed by atoms with van der Waals surface area (Å²) in [5.41, 5.74) is 4.55. The minimum Gasteiger partial charge on any atom is -0.296 e. The second-order valence-electron chi connectivity index (χ2n) is 5.43. The average molecular weight is 306 g/mol. The van der Waals surface area contributed by atoms with Crippen LogP contribution in [0.1, 0.15) is 35.5 Å². The Balaban J connectivity index is 2.43. The molecule has 0 fully saturated rings. The van der Waals surface area contributed by atoms with E-state index < -0.39 is 0 Å².